The van der Waals surface area contributed by atoms with Gasteiger partial charge in [0.2, 0.25) is 5.91 Å². The minimum Gasteiger partial charge on any atom is -0.356 e. The zero-order chi connectivity index (χ0) is 15.6. The van der Waals surface area contributed by atoms with Gasteiger partial charge in [0.1, 0.15) is 4.83 Å². The number of hydrogen-bond donors (Lipinski definition) is 1. The van der Waals surface area contributed by atoms with E-state index >= 15 is 0 Å². The molecular weight excluding hydrogens is 306 g/mol. The summed E-state index contributed by atoms with van der Waals surface area (Å²) in [4.78, 5) is 30.6. The van der Waals surface area contributed by atoms with Crippen molar-refractivity contribution in [1.82, 2.24) is 14.9 Å². The molecule has 0 unspecified atom stereocenters. The molecule has 21 heavy (non-hydrogen) atoms. The Kier molecular flexibility index (Phi) is 5.05. The summed E-state index contributed by atoms with van der Waals surface area (Å²) < 4.78 is 1.64. The van der Waals surface area contributed by atoms with Crippen molar-refractivity contribution in [2.24, 2.45) is 0 Å². The Labute approximate surface area is 131 Å². The molecule has 2 heterocycles. The van der Waals surface area contributed by atoms with Crippen LogP contribution in [-0.2, 0) is 11.3 Å². The van der Waals surface area contributed by atoms with Crippen molar-refractivity contribution in [3.63, 3.8) is 0 Å². The fourth-order valence-electron chi connectivity index (χ4n) is 2.08. The van der Waals surface area contributed by atoms with Gasteiger partial charge in [0.25, 0.3) is 5.56 Å². The van der Waals surface area contributed by atoms with Gasteiger partial charge in [-0.05, 0) is 33.3 Å². The number of thioether (sulfide) groups is 1. The average molecular weight is 325 g/mol. The molecule has 0 aliphatic carbocycles. The number of amides is 1. The third kappa shape index (κ3) is 3.13. The normalized spacial score (nSPS) is 11.0. The molecule has 7 heteroatoms. The predicted molar refractivity (Wildman–Crippen MR) is 88.4 cm³/mol. The van der Waals surface area contributed by atoms with Crippen LogP contribution in [0, 0.1) is 13.8 Å². The van der Waals surface area contributed by atoms with E-state index in [0.29, 0.717) is 23.6 Å². The van der Waals surface area contributed by atoms with E-state index in [2.05, 4.69) is 10.3 Å². The first-order valence-electron chi connectivity index (χ1n) is 6.89. The zero-order valence-corrected chi connectivity index (χ0v) is 14.3. The Morgan fingerprint density at radius 1 is 1.38 bits per heavy atom. The van der Waals surface area contributed by atoms with Gasteiger partial charge in [-0.3, -0.25) is 14.2 Å². The molecule has 0 aromatic carbocycles. The molecule has 0 bridgehead atoms. The molecule has 1 N–H and O–H groups in total. The van der Waals surface area contributed by atoms with Crippen LogP contribution >= 0.6 is 23.1 Å². The molecule has 1 amide bonds. The summed E-state index contributed by atoms with van der Waals surface area (Å²) in [5.41, 5.74) is 0.998. The number of nitrogens with zero attached hydrogens (tertiary/aromatic N) is 2. The number of fused-ring (bicyclic) bond motifs is 1. The lowest BCUT2D eigenvalue weighted by Gasteiger charge is -2.09. The lowest BCUT2D eigenvalue weighted by atomic mass is 10.2. The van der Waals surface area contributed by atoms with Gasteiger partial charge < -0.3 is 5.32 Å². The van der Waals surface area contributed by atoms with E-state index < -0.39 is 0 Å². The van der Waals surface area contributed by atoms with Crippen LogP contribution in [0.5, 0.6) is 0 Å². The number of hydrogen-bond acceptors (Lipinski definition) is 5. The topological polar surface area (TPSA) is 64.0 Å². The van der Waals surface area contributed by atoms with Gasteiger partial charge in [-0.2, -0.15) is 0 Å². The number of rotatable bonds is 5. The summed E-state index contributed by atoms with van der Waals surface area (Å²) in [7, 11) is 0. The highest BCUT2D eigenvalue weighted by Crippen LogP contribution is 2.28. The first-order valence-corrected chi connectivity index (χ1v) is 8.69. The van der Waals surface area contributed by atoms with E-state index in [0.717, 1.165) is 15.3 Å². The lowest BCUT2D eigenvalue weighted by Crippen LogP contribution is -2.26. The molecular formula is C14H19N3O2S2. The smallest absolute Gasteiger partial charge is 0.263 e. The average Bonchev–Trinajstić information content (AvgIpc) is 2.72. The van der Waals surface area contributed by atoms with Gasteiger partial charge in [-0.15, -0.1) is 11.3 Å². The predicted octanol–water partition coefficient (Wildman–Crippen LogP) is 2.32. The van der Waals surface area contributed by atoms with Crippen LogP contribution in [0.3, 0.4) is 0 Å². The van der Waals surface area contributed by atoms with Gasteiger partial charge in [0.15, 0.2) is 5.16 Å². The maximum atomic E-state index is 12.6. The van der Waals surface area contributed by atoms with Crippen molar-refractivity contribution in [2.75, 3.05) is 12.3 Å². The van der Waals surface area contributed by atoms with Crippen molar-refractivity contribution in [3.8, 4) is 0 Å². The molecule has 0 spiro atoms. The van der Waals surface area contributed by atoms with Gasteiger partial charge in [-0.1, -0.05) is 11.8 Å². The summed E-state index contributed by atoms with van der Waals surface area (Å²) in [6, 6.07) is 0. The highest BCUT2D eigenvalue weighted by Gasteiger charge is 2.16. The Balaban J connectivity index is 2.44. The number of thiophene rings is 1. The molecule has 2 rings (SSSR count). The molecule has 5 nitrogen and oxygen atoms in total. The summed E-state index contributed by atoms with van der Waals surface area (Å²) in [6.07, 6.45) is 0. The molecule has 114 valence electrons. The standard InChI is InChI=1S/C14H19N3O2S2/c1-5-15-10(18)7-20-14-16-12-11(8(3)9(4)21-12)13(19)17(14)6-2/h5-7H2,1-4H3,(H,15,18). The number of carbonyl (C=O) groups excluding carboxylic acids is 1. The minimum atomic E-state index is -0.0435. The van der Waals surface area contributed by atoms with E-state index in [1.54, 1.807) is 4.57 Å². The lowest BCUT2D eigenvalue weighted by molar-refractivity contribution is -0.118. The van der Waals surface area contributed by atoms with Crippen LogP contribution < -0.4 is 10.9 Å². The van der Waals surface area contributed by atoms with E-state index in [-0.39, 0.29) is 17.2 Å². The monoisotopic (exact) mass is 325 g/mol. The van der Waals surface area contributed by atoms with Gasteiger partial charge in [0.05, 0.1) is 11.1 Å². The number of aryl methyl sites for hydroxylation is 2. The second-order valence-electron chi connectivity index (χ2n) is 4.65. The van der Waals surface area contributed by atoms with Crippen molar-refractivity contribution in [2.45, 2.75) is 39.4 Å². The summed E-state index contributed by atoms with van der Waals surface area (Å²) in [6.45, 7) is 8.91. The van der Waals surface area contributed by atoms with Crippen molar-refractivity contribution in [3.05, 3.63) is 20.8 Å². The molecule has 2 aromatic heterocycles. The van der Waals surface area contributed by atoms with Crippen LogP contribution in [0.1, 0.15) is 24.3 Å². The van der Waals surface area contributed by atoms with Gasteiger partial charge in [0, 0.05) is 18.0 Å². The molecule has 0 saturated carbocycles. The molecule has 0 saturated heterocycles. The van der Waals surface area contributed by atoms with E-state index in [9.17, 15) is 9.59 Å². The maximum Gasteiger partial charge on any atom is 0.263 e. The second-order valence-corrected chi connectivity index (χ2v) is 6.80. The Bertz CT molecular complexity index is 734. The third-order valence-electron chi connectivity index (χ3n) is 3.28. The number of carbonyl (C=O) groups is 1. The van der Waals surface area contributed by atoms with Gasteiger partial charge >= 0.3 is 0 Å². The van der Waals surface area contributed by atoms with E-state index in [4.69, 9.17) is 0 Å². The SMILES string of the molecule is CCNC(=O)CSc1nc2sc(C)c(C)c2c(=O)n1CC. The number of aromatic nitrogens is 2. The fourth-order valence-corrected chi connectivity index (χ4v) is 4.04. The third-order valence-corrected chi connectivity index (χ3v) is 5.35. The minimum absolute atomic E-state index is 0.0113. The van der Waals surface area contributed by atoms with Crippen LogP contribution in [0.2, 0.25) is 0 Å². The summed E-state index contributed by atoms with van der Waals surface area (Å²) in [5.74, 6) is 0.229. The van der Waals surface area contributed by atoms with Crippen LogP contribution in [0.25, 0.3) is 10.2 Å². The highest BCUT2D eigenvalue weighted by molar-refractivity contribution is 7.99. The number of nitrogens with one attached hydrogen (secondary N) is 1. The van der Waals surface area contributed by atoms with E-state index in [1.807, 2.05) is 27.7 Å². The maximum absolute atomic E-state index is 12.6. The Morgan fingerprint density at radius 3 is 2.71 bits per heavy atom. The quantitative estimate of drug-likeness (QED) is 0.677. The first kappa shape index (κ1) is 16.0. The van der Waals surface area contributed by atoms with Crippen LogP contribution in [0.15, 0.2) is 9.95 Å². The second kappa shape index (κ2) is 6.62. The van der Waals surface area contributed by atoms with Crippen molar-refractivity contribution in [1.29, 1.82) is 0 Å². The Morgan fingerprint density at radius 2 is 2.10 bits per heavy atom. The van der Waals surface area contributed by atoms with Crippen LogP contribution in [0.4, 0.5) is 0 Å². The molecule has 0 atom stereocenters. The molecule has 0 aliphatic rings. The molecule has 0 aliphatic heterocycles. The largest absolute Gasteiger partial charge is 0.356 e. The molecule has 2 aromatic rings. The fraction of sp³-hybridized carbons (Fsp3) is 0.500. The first-order chi connectivity index (χ1) is 9.99. The van der Waals surface area contributed by atoms with Crippen molar-refractivity contribution < 1.29 is 4.79 Å². The zero-order valence-electron chi connectivity index (χ0n) is 12.6. The highest BCUT2D eigenvalue weighted by atomic mass is 32.2. The van der Waals surface area contributed by atoms with Gasteiger partial charge in [-0.25, -0.2) is 4.98 Å². The molecule has 0 fully saturated rings. The van der Waals surface area contributed by atoms with E-state index in [1.165, 1.54) is 23.1 Å². The summed E-state index contributed by atoms with van der Waals surface area (Å²) in [5, 5.41) is 4.07. The van der Waals surface area contributed by atoms with Crippen LogP contribution in [-0.4, -0.2) is 27.8 Å². The molecule has 0 radical (unpaired) electrons. The Hall–Kier alpha value is -1.34. The van der Waals surface area contributed by atoms with Crippen molar-refractivity contribution >= 4 is 39.2 Å². The summed E-state index contributed by atoms with van der Waals surface area (Å²) >= 11 is 2.84.